The number of amides is 1. The maximum atomic E-state index is 13.7. The molecule has 0 saturated carbocycles. The summed E-state index contributed by atoms with van der Waals surface area (Å²) >= 11 is 1.20. The molecule has 1 unspecified atom stereocenters. The zero-order valence-corrected chi connectivity index (χ0v) is 14.7. The van der Waals surface area contributed by atoms with Crippen molar-refractivity contribution in [3.05, 3.63) is 59.9 Å². The summed E-state index contributed by atoms with van der Waals surface area (Å²) in [6, 6.07) is 13.2. The molecule has 0 heterocycles. The van der Waals surface area contributed by atoms with Crippen molar-refractivity contribution in [2.45, 2.75) is 30.9 Å². The van der Waals surface area contributed by atoms with Crippen LogP contribution in [0, 0.1) is 11.7 Å². The van der Waals surface area contributed by atoms with Gasteiger partial charge in [-0.1, -0.05) is 26.0 Å². The van der Waals surface area contributed by atoms with Gasteiger partial charge >= 0.3 is 0 Å². The van der Waals surface area contributed by atoms with E-state index in [-0.39, 0.29) is 23.4 Å². The first-order valence-electron chi connectivity index (χ1n) is 7.75. The van der Waals surface area contributed by atoms with Gasteiger partial charge < -0.3 is 5.32 Å². The number of carbonyl (C=O) groups is 2. The van der Waals surface area contributed by atoms with Crippen LogP contribution in [0.2, 0.25) is 0 Å². The van der Waals surface area contributed by atoms with Crippen molar-refractivity contribution in [3.63, 3.8) is 0 Å². The summed E-state index contributed by atoms with van der Waals surface area (Å²) in [5.74, 6) is -0.583. The van der Waals surface area contributed by atoms with Crippen molar-refractivity contribution in [3.8, 4) is 0 Å². The first-order valence-corrected chi connectivity index (χ1v) is 8.62. The number of halogens is 1. The molecule has 0 bridgehead atoms. The van der Waals surface area contributed by atoms with Crippen LogP contribution in [0.15, 0.2) is 53.4 Å². The summed E-state index contributed by atoms with van der Waals surface area (Å²) < 4.78 is 13.7. The Hall–Kier alpha value is -2.14. The molecule has 1 amide bonds. The SMILES string of the molecule is CC(C)C(=O)Nc1ccc(C(=O)C(C)Sc2ccccc2F)cc1. The standard InChI is InChI=1S/C19H20FNO2S/c1-12(2)19(23)21-15-10-8-14(9-11-15)18(22)13(3)24-17-7-5-4-6-16(17)20/h4-13H,1-3H3,(H,21,23). The molecule has 0 aliphatic heterocycles. The van der Waals surface area contributed by atoms with Crippen LogP contribution in [0.25, 0.3) is 0 Å². The third kappa shape index (κ3) is 4.68. The highest BCUT2D eigenvalue weighted by Crippen LogP contribution is 2.28. The van der Waals surface area contributed by atoms with E-state index in [1.54, 1.807) is 49.4 Å². The molecular weight excluding hydrogens is 325 g/mol. The molecule has 2 rings (SSSR count). The number of hydrogen-bond acceptors (Lipinski definition) is 3. The summed E-state index contributed by atoms with van der Waals surface area (Å²) in [7, 11) is 0. The number of carbonyl (C=O) groups excluding carboxylic acids is 2. The molecule has 0 saturated heterocycles. The van der Waals surface area contributed by atoms with E-state index >= 15 is 0 Å². The second-order valence-electron chi connectivity index (χ2n) is 5.78. The highest BCUT2D eigenvalue weighted by Gasteiger charge is 2.18. The van der Waals surface area contributed by atoms with Crippen LogP contribution < -0.4 is 5.32 Å². The number of ketones is 1. The first-order chi connectivity index (χ1) is 11.4. The highest BCUT2D eigenvalue weighted by molar-refractivity contribution is 8.00. The molecule has 0 fully saturated rings. The normalized spacial score (nSPS) is 12.0. The molecule has 0 spiro atoms. The maximum absolute atomic E-state index is 13.7. The molecular formula is C19H20FNO2S. The largest absolute Gasteiger partial charge is 0.326 e. The van der Waals surface area contributed by atoms with Gasteiger partial charge in [0.25, 0.3) is 0 Å². The average Bonchev–Trinajstić information content (AvgIpc) is 2.56. The number of benzene rings is 2. The van der Waals surface area contributed by atoms with Crippen LogP contribution in [-0.4, -0.2) is 16.9 Å². The minimum atomic E-state index is -0.405. The smallest absolute Gasteiger partial charge is 0.226 e. The van der Waals surface area contributed by atoms with Gasteiger partial charge in [-0.2, -0.15) is 0 Å². The van der Waals surface area contributed by atoms with Crippen molar-refractivity contribution in [2.75, 3.05) is 5.32 Å². The fourth-order valence-corrected chi connectivity index (χ4v) is 2.99. The van der Waals surface area contributed by atoms with Crippen molar-refractivity contribution in [2.24, 2.45) is 5.92 Å². The second-order valence-corrected chi connectivity index (χ2v) is 7.16. The Morgan fingerprint density at radius 3 is 2.21 bits per heavy atom. The summed E-state index contributed by atoms with van der Waals surface area (Å²) in [4.78, 5) is 24.6. The number of rotatable bonds is 6. The van der Waals surface area contributed by atoms with Crippen LogP contribution in [0.1, 0.15) is 31.1 Å². The van der Waals surface area contributed by atoms with Crippen molar-refractivity contribution < 1.29 is 14.0 Å². The summed E-state index contributed by atoms with van der Waals surface area (Å²) in [6.45, 7) is 5.39. The Kier molecular flexibility index (Phi) is 6.15. The topological polar surface area (TPSA) is 46.2 Å². The van der Waals surface area contributed by atoms with Gasteiger partial charge in [-0.05, 0) is 43.3 Å². The van der Waals surface area contributed by atoms with Crippen molar-refractivity contribution in [1.29, 1.82) is 0 Å². The summed E-state index contributed by atoms with van der Waals surface area (Å²) in [6.07, 6.45) is 0. The Balaban J connectivity index is 2.04. The minimum absolute atomic E-state index is 0.0717. The van der Waals surface area contributed by atoms with Crippen LogP contribution in [-0.2, 0) is 4.79 Å². The van der Waals surface area contributed by atoms with E-state index < -0.39 is 5.25 Å². The lowest BCUT2D eigenvalue weighted by atomic mass is 10.1. The zero-order valence-electron chi connectivity index (χ0n) is 13.9. The molecule has 24 heavy (non-hydrogen) atoms. The van der Waals surface area contributed by atoms with Gasteiger partial charge in [-0.15, -0.1) is 11.8 Å². The molecule has 1 atom stereocenters. The highest BCUT2D eigenvalue weighted by atomic mass is 32.2. The summed E-state index contributed by atoms with van der Waals surface area (Å²) in [5.41, 5.74) is 1.19. The zero-order chi connectivity index (χ0) is 17.7. The van der Waals surface area contributed by atoms with Gasteiger partial charge in [-0.25, -0.2) is 4.39 Å². The molecule has 0 aliphatic rings. The predicted octanol–water partition coefficient (Wildman–Crippen LogP) is 4.78. The van der Waals surface area contributed by atoms with Crippen LogP contribution in [0.5, 0.6) is 0 Å². The molecule has 0 aliphatic carbocycles. The van der Waals surface area contributed by atoms with E-state index in [1.165, 1.54) is 17.8 Å². The number of Topliss-reactive ketones (excluding diaryl/α,β-unsaturated/α-hetero) is 1. The summed E-state index contributed by atoms with van der Waals surface area (Å²) in [5, 5.41) is 2.37. The van der Waals surface area contributed by atoms with Gasteiger partial charge in [0.2, 0.25) is 5.91 Å². The number of thioether (sulfide) groups is 1. The van der Waals surface area contributed by atoms with E-state index in [0.29, 0.717) is 16.1 Å². The molecule has 0 radical (unpaired) electrons. The van der Waals surface area contributed by atoms with Crippen LogP contribution in [0.4, 0.5) is 10.1 Å². The van der Waals surface area contributed by atoms with Crippen molar-refractivity contribution in [1.82, 2.24) is 0 Å². The molecule has 2 aromatic rings. The monoisotopic (exact) mass is 345 g/mol. The van der Waals surface area contributed by atoms with Crippen molar-refractivity contribution >= 4 is 29.1 Å². The van der Waals surface area contributed by atoms with Crippen LogP contribution in [0.3, 0.4) is 0 Å². The lowest BCUT2D eigenvalue weighted by molar-refractivity contribution is -0.118. The molecule has 126 valence electrons. The molecule has 1 N–H and O–H groups in total. The lowest BCUT2D eigenvalue weighted by Gasteiger charge is -2.12. The van der Waals surface area contributed by atoms with E-state index in [2.05, 4.69) is 5.32 Å². The number of nitrogens with one attached hydrogen (secondary N) is 1. The molecule has 5 heteroatoms. The molecule has 3 nitrogen and oxygen atoms in total. The molecule has 2 aromatic carbocycles. The minimum Gasteiger partial charge on any atom is -0.326 e. The van der Waals surface area contributed by atoms with E-state index in [0.717, 1.165) is 0 Å². The number of hydrogen-bond donors (Lipinski definition) is 1. The first kappa shape index (κ1) is 18.2. The van der Waals surface area contributed by atoms with Gasteiger partial charge in [0.1, 0.15) is 5.82 Å². The Morgan fingerprint density at radius 2 is 1.62 bits per heavy atom. The second kappa shape index (κ2) is 8.11. The quantitative estimate of drug-likeness (QED) is 0.605. The maximum Gasteiger partial charge on any atom is 0.226 e. The predicted molar refractivity (Wildman–Crippen MR) is 96.0 cm³/mol. The third-order valence-corrected chi connectivity index (χ3v) is 4.62. The van der Waals surface area contributed by atoms with Gasteiger partial charge in [0.15, 0.2) is 5.78 Å². The fraction of sp³-hybridized carbons (Fsp3) is 0.263. The van der Waals surface area contributed by atoms with Crippen LogP contribution >= 0.6 is 11.8 Å². The van der Waals surface area contributed by atoms with Gasteiger partial charge in [0.05, 0.1) is 5.25 Å². The third-order valence-electron chi connectivity index (χ3n) is 3.47. The number of anilines is 1. The van der Waals surface area contributed by atoms with E-state index in [1.807, 2.05) is 13.8 Å². The van der Waals surface area contributed by atoms with Gasteiger partial charge in [-0.3, -0.25) is 9.59 Å². The van der Waals surface area contributed by atoms with E-state index in [9.17, 15) is 14.0 Å². The van der Waals surface area contributed by atoms with Gasteiger partial charge in [0, 0.05) is 22.1 Å². The Labute approximate surface area is 145 Å². The lowest BCUT2D eigenvalue weighted by Crippen LogP contribution is -2.18. The average molecular weight is 345 g/mol. The molecule has 0 aromatic heterocycles. The van der Waals surface area contributed by atoms with E-state index in [4.69, 9.17) is 0 Å². The Morgan fingerprint density at radius 1 is 1.00 bits per heavy atom. The Bertz CT molecular complexity index is 728. The fourth-order valence-electron chi connectivity index (χ4n) is 2.02.